The van der Waals surface area contributed by atoms with Crippen LogP contribution in [-0.2, 0) is 19.0 Å². The summed E-state index contributed by atoms with van der Waals surface area (Å²) in [4.78, 5) is 11.0. The van der Waals surface area contributed by atoms with Crippen molar-refractivity contribution in [1.29, 1.82) is 0 Å². The van der Waals surface area contributed by atoms with E-state index in [-0.39, 0.29) is 18.4 Å². The predicted molar refractivity (Wildman–Crippen MR) is 48.6 cm³/mol. The van der Waals surface area contributed by atoms with Gasteiger partial charge in [0.25, 0.3) is 0 Å². The fraction of sp³-hybridized carbons (Fsp3) is 0.900. The van der Waals surface area contributed by atoms with E-state index in [1.807, 2.05) is 6.92 Å². The maximum Gasteiger partial charge on any atom is 0.305 e. The first-order chi connectivity index (χ1) is 6.79. The van der Waals surface area contributed by atoms with Crippen LogP contribution in [0.2, 0.25) is 0 Å². The topological polar surface area (TPSA) is 44.8 Å². The van der Waals surface area contributed by atoms with Crippen molar-refractivity contribution in [2.45, 2.75) is 38.6 Å². The van der Waals surface area contributed by atoms with E-state index in [9.17, 15) is 4.79 Å². The normalized spacial score (nSPS) is 37.5. The molecule has 2 saturated heterocycles. The minimum Gasteiger partial charge on any atom is -0.465 e. The van der Waals surface area contributed by atoms with E-state index in [0.717, 1.165) is 12.8 Å². The van der Waals surface area contributed by atoms with Gasteiger partial charge in [-0.05, 0) is 13.3 Å². The summed E-state index contributed by atoms with van der Waals surface area (Å²) in [6.07, 6.45) is 2.16. The summed E-state index contributed by atoms with van der Waals surface area (Å²) in [5, 5.41) is 0. The van der Waals surface area contributed by atoms with Crippen LogP contribution >= 0.6 is 0 Å². The number of fused-ring (bicyclic) bond motifs is 1. The zero-order valence-corrected chi connectivity index (χ0v) is 8.40. The molecule has 0 aromatic heterocycles. The van der Waals surface area contributed by atoms with Gasteiger partial charge in [0.1, 0.15) is 0 Å². The molecule has 0 amide bonds. The van der Waals surface area contributed by atoms with Crippen molar-refractivity contribution in [3.63, 3.8) is 0 Å². The molecule has 2 rings (SSSR count). The summed E-state index contributed by atoms with van der Waals surface area (Å²) in [6, 6.07) is 0. The highest BCUT2D eigenvalue weighted by Gasteiger charge is 2.38. The second-order valence-corrected chi connectivity index (χ2v) is 3.78. The molecule has 80 valence electrons. The van der Waals surface area contributed by atoms with Gasteiger partial charge >= 0.3 is 5.97 Å². The van der Waals surface area contributed by atoms with Crippen molar-refractivity contribution in [3.05, 3.63) is 0 Å². The lowest BCUT2D eigenvalue weighted by atomic mass is 10.00. The van der Waals surface area contributed by atoms with Crippen LogP contribution < -0.4 is 0 Å². The summed E-state index contributed by atoms with van der Waals surface area (Å²) >= 11 is 0. The molecule has 0 N–H and O–H groups in total. The Labute approximate surface area is 83.5 Å². The molecule has 2 fully saturated rings. The Morgan fingerprint density at radius 1 is 1.57 bits per heavy atom. The van der Waals surface area contributed by atoms with Crippen LogP contribution in [-0.4, -0.2) is 31.6 Å². The minimum atomic E-state index is -0.101. The van der Waals surface area contributed by atoms with Crippen molar-refractivity contribution in [1.82, 2.24) is 0 Å². The lowest BCUT2D eigenvalue weighted by Crippen LogP contribution is -2.17. The molecular weight excluding hydrogens is 184 g/mol. The van der Waals surface area contributed by atoms with Crippen LogP contribution in [0.1, 0.15) is 26.2 Å². The van der Waals surface area contributed by atoms with E-state index in [4.69, 9.17) is 14.2 Å². The molecule has 2 aliphatic heterocycles. The fourth-order valence-electron chi connectivity index (χ4n) is 2.07. The lowest BCUT2D eigenvalue weighted by molar-refractivity contribution is -0.145. The van der Waals surface area contributed by atoms with Gasteiger partial charge < -0.3 is 14.2 Å². The molecule has 2 heterocycles. The Balaban J connectivity index is 1.90. The Morgan fingerprint density at radius 3 is 3.21 bits per heavy atom. The van der Waals surface area contributed by atoms with E-state index in [1.54, 1.807) is 0 Å². The molecule has 0 radical (unpaired) electrons. The maximum atomic E-state index is 11.0. The standard InChI is InChI=1S/C10H16O4/c1-2-12-10-5-7-6-13-9(11)4-3-8(7)14-10/h7-8,10H,2-6H2,1H3/t7-,8+,10-/m0/s1. The quantitative estimate of drug-likeness (QED) is 0.626. The van der Waals surface area contributed by atoms with E-state index in [0.29, 0.717) is 25.6 Å². The van der Waals surface area contributed by atoms with Gasteiger partial charge in [-0.15, -0.1) is 0 Å². The van der Waals surface area contributed by atoms with Crippen molar-refractivity contribution >= 4 is 5.97 Å². The second-order valence-electron chi connectivity index (χ2n) is 3.78. The van der Waals surface area contributed by atoms with Crippen LogP contribution in [0.25, 0.3) is 0 Å². The Kier molecular flexibility index (Phi) is 3.03. The van der Waals surface area contributed by atoms with Crippen LogP contribution in [0.15, 0.2) is 0 Å². The summed E-state index contributed by atoms with van der Waals surface area (Å²) in [6.45, 7) is 3.12. The van der Waals surface area contributed by atoms with E-state index in [2.05, 4.69) is 0 Å². The number of hydrogen-bond donors (Lipinski definition) is 0. The van der Waals surface area contributed by atoms with Gasteiger partial charge in [0, 0.05) is 25.4 Å². The smallest absolute Gasteiger partial charge is 0.305 e. The molecule has 0 aliphatic carbocycles. The number of hydrogen-bond acceptors (Lipinski definition) is 4. The van der Waals surface area contributed by atoms with E-state index in [1.165, 1.54) is 0 Å². The van der Waals surface area contributed by atoms with Crippen LogP contribution in [0.4, 0.5) is 0 Å². The van der Waals surface area contributed by atoms with Crippen molar-refractivity contribution in [3.8, 4) is 0 Å². The molecule has 0 aromatic carbocycles. The van der Waals surface area contributed by atoms with Gasteiger partial charge in [0.05, 0.1) is 12.7 Å². The first-order valence-corrected chi connectivity index (χ1v) is 5.22. The Bertz CT molecular complexity index is 198. The van der Waals surface area contributed by atoms with Gasteiger partial charge in [-0.3, -0.25) is 4.79 Å². The number of carbonyl (C=O) groups excluding carboxylic acids is 1. The average Bonchev–Trinajstić information content (AvgIpc) is 2.47. The third-order valence-corrected chi connectivity index (χ3v) is 2.79. The molecule has 0 bridgehead atoms. The van der Waals surface area contributed by atoms with Crippen LogP contribution in [0, 0.1) is 5.92 Å². The highest BCUT2D eigenvalue weighted by atomic mass is 16.7. The Morgan fingerprint density at radius 2 is 2.43 bits per heavy atom. The SMILES string of the molecule is CCO[C@@H]1C[C@H]2COC(=O)CC[C@H]2O1. The number of ether oxygens (including phenoxy) is 3. The number of esters is 1. The molecule has 4 heteroatoms. The fourth-order valence-corrected chi connectivity index (χ4v) is 2.07. The summed E-state index contributed by atoms with van der Waals surface area (Å²) < 4.78 is 16.1. The molecule has 14 heavy (non-hydrogen) atoms. The monoisotopic (exact) mass is 200 g/mol. The number of rotatable bonds is 2. The summed E-state index contributed by atoms with van der Waals surface area (Å²) in [5.74, 6) is 0.231. The molecule has 0 aromatic rings. The molecule has 3 atom stereocenters. The van der Waals surface area contributed by atoms with Crippen LogP contribution in [0.3, 0.4) is 0 Å². The first-order valence-electron chi connectivity index (χ1n) is 5.22. The van der Waals surface area contributed by atoms with Gasteiger partial charge in [0.15, 0.2) is 6.29 Å². The van der Waals surface area contributed by atoms with Gasteiger partial charge in [0.2, 0.25) is 0 Å². The van der Waals surface area contributed by atoms with E-state index < -0.39 is 0 Å². The molecule has 0 saturated carbocycles. The van der Waals surface area contributed by atoms with Gasteiger partial charge in [-0.2, -0.15) is 0 Å². The van der Waals surface area contributed by atoms with Crippen molar-refractivity contribution in [2.24, 2.45) is 5.92 Å². The Hall–Kier alpha value is -0.610. The number of carbonyl (C=O) groups is 1. The predicted octanol–water partition coefficient (Wildman–Crippen LogP) is 1.09. The van der Waals surface area contributed by atoms with Crippen molar-refractivity contribution < 1.29 is 19.0 Å². The van der Waals surface area contributed by atoms with Crippen LogP contribution in [0.5, 0.6) is 0 Å². The highest BCUT2D eigenvalue weighted by molar-refractivity contribution is 5.69. The lowest BCUT2D eigenvalue weighted by Gasteiger charge is -2.12. The molecule has 4 nitrogen and oxygen atoms in total. The number of cyclic esters (lactones) is 1. The van der Waals surface area contributed by atoms with E-state index >= 15 is 0 Å². The van der Waals surface area contributed by atoms with Gasteiger partial charge in [-0.1, -0.05) is 0 Å². The molecule has 0 unspecified atom stereocenters. The zero-order valence-electron chi connectivity index (χ0n) is 8.40. The third kappa shape index (κ3) is 2.07. The molecular formula is C10H16O4. The average molecular weight is 200 g/mol. The van der Waals surface area contributed by atoms with Gasteiger partial charge in [-0.25, -0.2) is 0 Å². The van der Waals surface area contributed by atoms with Crippen molar-refractivity contribution in [2.75, 3.05) is 13.2 Å². The molecule has 0 spiro atoms. The third-order valence-electron chi connectivity index (χ3n) is 2.79. The second kappa shape index (κ2) is 4.28. The highest BCUT2D eigenvalue weighted by Crippen LogP contribution is 2.32. The molecule has 2 aliphatic rings. The zero-order chi connectivity index (χ0) is 9.97. The first kappa shape index (κ1) is 9.93. The summed E-state index contributed by atoms with van der Waals surface area (Å²) in [5.41, 5.74) is 0. The largest absolute Gasteiger partial charge is 0.465 e. The minimum absolute atomic E-state index is 0.0909. The maximum absolute atomic E-state index is 11.0. The summed E-state index contributed by atoms with van der Waals surface area (Å²) in [7, 11) is 0.